The van der Waals surface area contributed by atoms with E-state index in [2.05, 4.69) is 25.6 Å². The molecule has 4 rings (SSSR count). The van der Waals surface area contributed by atoms with Crippen molar-refractivity contribution in [2.75, 3.05) is 32.7 Å². The molecule has 1 fully saturated rings. The second kappa shape index (κ2) is 12.1. The molecule has 36 heavy (non-hydrogen) atoms. The topological polar surface area (TPSA) is 69.7 Å². The van der Waals surface area contributed by atoms with Crippen molar-refractivity contribution in [1.29, 1.82) is 0 Å². The maximum absolute atomic E-state index is 12.8. The third kappa shape index (κ3) is 6.68. The number of halogens is 3. The summed E-state index contributed by atoms with van der Waals surface area (Å²) in [6.45, 7) is 2.54. The quantitative estimate of drug-likeness (QED) is 0.373. The van der Waals surface area contributed by atoms with Gasteiger partial charge in [-0.1, -0.05) is 59.6 Å². The van der Waals surface area contributed by atoms with E-state index in [-0.39, 0.29) is 29.8 Å². The van der Waals surface area contributed by atoms with E-state index in [1.807, 2.05) is 48.5 Å². The normalized spacial score (nSPS) is 14.8. The summed E-state index contributed by atoms with van der Waals surface area (Å²) in [5.41, 5.74) is 2.23. The average molecular weight is 611 g/mol. The first-order valence-electron chi connectivity index (χ1n) is 11.5. The first-order valence-corrected chi connectivity index (χ1v) is 14.5. The molecule has 0 aromatic heterocycles. The van der Waals surface area contributed by atoms with E-state index in [9.17, 15) is 13.2 Å². The van der Waals surface area contributed by atoms with Gasteiger partial charge in [-0.15, -0.1) is 0 Å². The Bertz CT molecular complexity index is 1250. The van der Waals surface area contributed by atoms with Crippen LogP contribution in [0.5, 0.6) is 0 Å². The maximum atomic E-state index is 12.8. The smallest absolute Gasteiger partial charge is 0.241 e. The van der Waals surface area contributed by atoms with Gasteiger partial charge in [-0.05, 0) is 63.5 Å². The number of rotatable bonds is 8. The molecule has 0 radical (unpaired) electrons. The Morgan fingerprint density at radius 1 is 0.861 bits per heavy atom. The lowest BCUT2D eigenvalue weighted by molar-refractivity contribution is -0.133. The molecule has 0 atom stereocenters. The van der Waals surface area contributed by atoms with Crippen molar-refractivity contribution in [2.45, 2.75) is 17.4 Å². The number of nitrogens with one attached hydrogen (secondary N) is 1. The number of hydrogen-bond donors (Lipinski definition) is 1. The number of hydrogen-bond acceptors (Lipinski definition) is 4. The lowest BCUT2D eigenvalue weighted by Crippen LogP contribution is -2.50. The van der Waals surface area contributed by atoms with Crippen molar-refractivity contribution in [3.8, 4) is 0 Å². The molecular weight excluding hydrogens is 585 g/mol. The molecule has 3 aromatic carbocycles. The summed E-state index contributed by atoms with van der Waals surface area (Å²) in [7, 11) is -3.70. The summed E-state index contributed by atoms with van der Waals surface area (Å²) in [5.74, 6) is -0.0704. The molecule has 0 unspecified atom stereocenters. The molecule has 0 bridgehead atoms. The third-order valence-electron chi connectivity index (χ3n) is 6.16. The van der Waals surface area contributed by atoms with Gasteiger partial charge >= 0.3 is 0 Å². The minimum absolute atomic E-state index is 0.00733. The average Bonchev–Trinajstić information content (AvgIpc) is 2.87. The summed E-state index contributed by atoms with van der Waals surface area (Å²) in [6.07, 6.45) is 0.0987. The number of benzene rings is 3. The zero-order valence-corrected chi connectivity index (χ0v) is 23.3. The highest BCUT2D eigenvalue weighted by Gasteiger charge is 2.28. The van der Waals surface area contributed by atoms with Crippen LogP contribution in [0.25, 0.3) is 0 Å². The van der Waals surface area contributed by atoms with Crippen LogP contribution in [0.4, 0.5) is 0 Å². The molecule has 190 valence electrons. The van der Waals surface area contributed by atoms with Crippen molar-refractivity contribution in [3.63, 3.8) is 0 Å². The first kappa shape index (κ1) is 27.1. The van der Waals surface area contributed by atoms with E-state index < -0.39 is 10.0 Å². The van der Waals surface area contributed by atoms with E-state index in [0.29, 0.717) is 40.7 Å². The predicted octanol–water partition coefficient (Wildman–Crippen LogP) is 5.36. The van der Waals surface area contributed by atoms with Crippen LogP contribution in [0.3, 0.4) is 0 Å². The van der Waals surface area contributed by atoms with Gasteiger partial charge in [0, 0.05) is 53.7 Å². The van der Waals surface area contributed by atoms with Gasteiger partial charge in [0.1, 0.15) is 0 Å². The highest BCUT2D eigenvalue weighted by molar-refractivity contribution is 9.10. The van der Waals surface area contributed by atoms with Crippen molar-refractivity contribution in [2.24, 2.45) is 0 Å². The molecule has 0 saturated carbocycles. The Balaban J connectivity index is 1.36. The van der Waals surface area contributed by atoms with Gasteiger partial charge in [-0.2, -0.15) is 0 Å². The highest BCUT2D eigenvalue weighted by atomic mass is 79.9. The Morgan fingerprint density at radius 2 is 1.39 bits per heavy atom. The van der Waals surface area contributed by atoms with Gasteiger partial charge in [0.05, 0.1) is 10.9 Å². The Morgan fingerprint density at radius 3 is 1.92 bits per heavy atom. The number of sulfonamides is 1. The van der Waals surface area contributed by atoms with Gasteiger partial charge in [0.25, 0.3) is 0 Å². The maximum Gasteiger partial charge on any atom is 0.241 e. The molecule has 1 amide bonds. The predicted molar refractivity (Wildman–Crippen MR) is 147 cm³/mol. The first-order chi connectivity index (χ1) is 17.2. The molecule has 6 nitrogen and oxygen atoms in total. The number of nitrogens with zero attached hydrogens (tertiary/aromatic N) is 2. The Hall–Kier alpha value is -1.94. The molecule has 1 aliphatic rings. The Kier molecular flexibility index (Phi) is 9.09. The van der Waals surface area contributed by atoms with E-state index in [0.717, 1.165) is 11.1 Å². The number of carbonyl (C=O) groups is 1. The second-order valence-corrected chi connectivity index (χ2v) is 12.0. The molecular formula is C26H26BrCl2N3O3S. The summed E-state index contributed by atoms with van der Waals surface area (Å²) in [5, 5.41) is 1.36. The molecule has 10 heteroatoms. The van der Waals surface area contributed by atoms with Gasteiger partial charge < -0.3 is 4.90 Å². The second-order valence-electron chi connectivity index (χ2n) is 8.50. The lowest BCUT2D eigenvalue weighted by Gasteiger charge is -2.40. The third-order valence-corrected chi connectivity index (χ3v) is 9.14. The monoisotopic (exact) mass is 609 g/mol. The van der Waals surface area contributed by atoms with Gasteiger partial charge in [0.2, 0.25) is 15.9 Å². The van der Waals surface area contributed by atoms with Gasteiger partial charge in [-0.3, -0.25) is 9.69 Å². The highest BCUT2D eigenvalue weighted by Crippen LogP contribution is 2.31. The molecule has 0 aliphatic carbocycles. The lowest BCUT2D eigenvalue weighted by atomic mass is 9.96. The van der Waals surface area contributed by atoms with E-state index in [1.165, 1.54) is 6.07 Å². The molecule has 1 heterocycles. The van der Waals surface area contributed by atoms with Crippen LogP contribution in [-0.2, 0) is 14.8 Å². The standard InChI is InChI=1S/C26H26BrCl2N3O3S/c27-23-3-1-2-4-24(23)36(34,35)30-14-13-25(33)31-15-17-32(18-16-31)26(19-5-9-21(28)10-6-19)20-7-11-22(29)12-8-20/h1-12,26,30H,13-18H2. The van der Waals surface area contributed by atoms with Gasteiger partial charge in [-0.25, -0.2) is 13.1 Å². The Labute approximate surface area is 230 Å². The summed E-state index contributed by atoms with van der Waals surface area (Å²) >= 11 is 15.5. The van der Waals surface area contributed by atoms with Gasteiger partial charge in [0.15, 0.2) is 0 Å². The van der Waals surface area contributed by atoms with Crippen LogP contribution < -0.4 is 4.72 Å². The van der Waals surface area contributed by atoms with Crippen LogP contribution in [0.15, 0.2) is 82.2 Å². The number of amides is 1. The van der Waals surface area contributed by atoms with Crippen molar-refractivity contribution in [1.82, 2.24) is 14.5 Å². The van der Waals surface area contributed by atoms with Crippen LogP contribution in [0, 0.1) is 0 Å². The van der Waals surface area contributed by atoms with Crippen LogP contribution in [0.2, 0.25) is 10.0 Å². The van der Waals surface area contributed by atoms with Crippen molar-refractivity contribution >= 4 is 55.1 Å². The van der Waals surface area contributed by atoms with E-state index in [4.69, 9.17) is 23.2 Å². The fourth-order valence-electron chi connectivity index (χ4n) is 4.32. The van der Waals surface area contributed by atoms with E-state index >= 15 is 0 Å². The SMILES string of the molecule is O=C(CCNS(=O)(=O)c1ccccc1Br)N1CCN(C(c2ccc(Cl)cc2)c2ccc(Cl)cc2)CC1. The van der Waals surface area contributed by atoms with Crippen molar-refractivity contribution in [3.05, 3.63) is 98.4 Å². The largest absolute Gasteiger partial charge is 0.340 e. The van der Waals surface area contributed by atoms with Crippen LogP contribution in [0.1, 0.15) is 23.6 Å². The number of piperazine rings is 1. The molecule has 1 N–H and O–H groups in total. The summed E-state index contributed by atoms with van der Waals surface area (Å²) in [6, 6.07) is 22.2. The molecule has 3 aromatic rings. The zero-order chi connectivity index (χ0) is 25.7. The fourth-order valence-corrected chi connectivity index (χ4v) is 6.61. The summed E-state index contributed by atoms with van der Waals surface area (Å²) in [4.78, 5) is 17.1. The molecule has 1 saturated heterocycles. The minimum atomic E-state index is -3.70. The number of carbonyl (C=O) groups excluding carboxylic acids is 1. The molecule has 0 spiro atoms. The summed E-state index contributed by atoms with van der Waals surface area (Å²) < 4.78 is 28.1. The minimum Gasteiger partial charge on any atom is -0.340 e. The van der Waals surface area contributed by atoms with E-state index in [1.54, 1.807) is 23.1 Å². The zero-order valence-electron chi connectivity index (χ0n) is 19.4. The van der Waals surface area contributed by atoms with Crippen LogP contribution >= 0.6 is 39.1 Å². The van der Waals surface area contributed by atoms with Crippen LogP contribution in [-0.4, -0.2) is 56.8 Å². The molecule has 1 aliphatic heterocycles. The van der Waals surface area contributed by atoms with Crippen molar-refractivity contribution < 1.29 is 13.2 Å². The fraction of sp³-hybridized carbons (Fsp3) is 0.269.